The monoisotopic (exact) mass is 388 g/mol. The number of hydrogen-bond acceptors (Lipinski definition) is 3. The standard InChI is InChI=1S/C21H32N4OS/c1-4-27-21(9-12-26-13-10-21)15-25-20(22-3)23-11-8-17-14-24-19-16(2)6-5-7-18(17)19/h5-7,14,24H,4,8-13,15H2,1-3H3,(H2,22,23,25). The number of para-hydroxylation sites is 1. The molecular weight excluding hydrogens is 356 g/mol. The van der Waals surface area contributed by atoms with Crippen LogP contribution in [-0.4, -0.2) is 54.8 Å². The van der Waals surface area contributed by atoms with Gasteiger partial charge in [-0.15, -0.1) is 0 Å². The Balaban J connectivity index is 1.52. The molecule has 27 heavy (non-hydrogen) atoms. The maximum absolute atomic E-state index is 5.56. The lowest BCUT2D eigenvalue weighted by Crippen LogP contribution is -2.48. The molecule has 1 aromatic heterocycles. The number of aliphatic imine (C=N–C) groups is 1. The zero-order chi connectivity index (χ0) is 19.1. The Labute approximate surface area is 166 Å². The molecule has 1 fully saturated rings. The number of nitrogens with zero attached hydrogens (tertiary/aromatic N) is 1. The van der Waals surface area contributed by atoms with Crippen LogP contribution in [0.5, 0.6) is 0 Å². The van der Waals surface area contributed by atoms with Gasteiger partial charge in [-0.1, -0.05) is 25.1 Å². The van der Waals surface area contributed by atoms with Gasteiger partial charge in [0.1, 0.15) is 0 Å². The number of aromatic nitrogens is 1. The lowest BCUT2D eigenvalue weighted by Gasteiger charge is -2.37. The van der Waals surface area contributed by atoms with Crippen LogP contribution in [0.2, 0.25) is 0 Å². The molecule has 0 saturated carbocycles. The van der Waals surface area contributed by atoms with E-state index in [1.807, 2.05) is 18.8 Å². The zero-order valence-corrected chi connectivity index (χ0v) is 17.5. The topological polar surface area (TPSA) is 61.4 Å². The second kappa shape index (κ2) is 9.51. The normalized spacial score (nSPS) is 17.2. The molecule has 2 heterocycles. The Morgan fingerprint density at radius 2 is 2.11 bits per heavy atom. The van der Waals surface area contributed by atoms with E-state index < -0.39 is 0 Å². The molecule has 3 N–H and O–H groups in total. The van der Waals surface area contributed by atoms with Crippen molar-refractivity contribution in [2.24, 2.45) is 4.99 Å². The van der Waals surface area contributed by atoms with Gasteiger partial charge in [0.25, 0.3) is 0 Å². The molecule has 1 aliphatic heterocycles. The maximum atomic E-state index is 5.56. The van der Waals surface area contributed by atoms with Crippen molar-refractivity contribution >= 4 is 28.6 Å². The minimum atomic E-state index is 0.263. The van der Waals surface area contributed by atoms with Gasteiger partial charge in [-0.2, -0.15) is 11.8 Å². The van der Waals surface area contributed by atoms with Crippen LogP contribution in [0, 0.1) is 6.92 Å². The van der Waals surface area contributed by atoms with Crippen molar-refractivity contribution in [3.63, 3.8) is 0 Å². The van der Waals surface area contributed by atoms with Crippen LogP contribution in [0.3, 0.4) is 0 Å². The molecule has 6 heteroatoms. The van der Waals surface area contributed by atoms with E-state index in [1.165, 1.54) is 22.0 Å². The Hall–Kier alpha value is -1.66. The van der Waals surface area contributed by atoms with Crippen LogP contribution in [0.15, 0.2) is 29.4 Å². The second-order valence-corrected chi connectivity index (χ2v) is 8.87. The lowest BCUT2D eigenvalue weighted by atomic mass is 9.99. The maximum Gasteiger partial charge on any atom is 0.191 e. The largest absolute Gasteiger partial charge is 0.381 e. The molecule has 0 bridgehead atoms. The van der Waals surface area contributed by atoms with Gasteiger partial charge in [0.05, 0.1) is 0 Å². The summed E-state index contributed by atoms with van der Waals surface area (Å²) in [7, 11) is 1.84. The molecule has 0 atom stereocenters. The average Bonchev–Trinajstić information content (AvgIpc) is 3.10. The summed E-state index contributed by atoms with van der Waals surface area (Å²) in [6, 6.07) is 6.47. The van der Waals surface area contributed by atoms with Crippen LogP contribution in [-0.2, 0) is 11.2 Å². The zero-order valence-electron chi connectivity index (χ0n) is 16.7. The van der Waals surface area contributed by atoms with Gasteiger partial charge in [-0.05, 0) is 43.1 Å². The van der Waals surface area contributed by atoms with E-state index in [9.17, 15) is 0 Å². The number of thioether (sulfide) groups is 1. The first-order valence-electron chi connectivity index (χ1n) is 9.89. The Kier molecular flexibility index (Phi) is 7.07. The Bertz CT molecular complexity index is 759. The molecule has 0 radical (unpaired) electrons. The van der Waals surface area contributed by atoms with Gasteiger partial charge in [-0.25, -0.2) is 0 Å². The molecule has 0 amide bonds. The third-order valence-electron chi connectivity index (χ3n) is 5.35. The number of hydrogen-bond donors (Lipinski definition) is 3. The van der Waals surface area contributed by atoms with E-state index in [0.717, 1.165) is 57.3 Å². The smallest absolute Gasteiger partial charge is 0.191 e. The lowest BCUT2D eigenvalue weighted by molar-refractivity contribution is 0.0782. The van der Waals surface area contributed by atoms with Gasteiger partial charge in [0.15, 0.2) is 5.96 Å². The van der Waals surface area contributed by atoms with Crippen molar-refractivity contribution in [1.82, 2.24) is 15.6 Å². The molecule has 1 aliphatic rings. The van der Waals surface area contributed by atoms with E-state index in [-0.39, 0.29) is 4.75 Å². The van der Waals surface area contributed by atoms with Gasteiger partial charge in [0.2, 0.25) is 0 Å². The van der Waals surface area contributed by atoms with E-state index in [1.54, 1.807) is 0 Å². The first-order chi connectivity index (χ1) is 13.2. The number of aryl methyl sites for hydroxylation is 1. The summed E-state index contributed by atoms with van der Waals surface area (Å²) in [4.78, 5) is 7.81. The van der Waals surface area contributed by atoms with Crippen molar-refractivity contribution in [3.8, 4) is 0 Å². The molecule has 3 rings (SSSR count). The Morgan fingerprint density at radius 3 is 2.85 bits per heavy atom. The van der Waals surface area contributed by atoms with Crippen molar-refractivity contribution in [3.05, 3.63) is 35.5 Å². The fraction of sp³-hybridized carbons (Fsp3) is 0.571. The average molecular weight is 389 g/mol. The van der Waals surface area contributed by atoms with E-state index in [2.05, 4.69) is 58.9 Å². The van der Waals surface area contributed by atoms with Crippen LogP contribution in [0.25, 0.3) is 10.9 Å². The quantitative estimate of drug-likeness (QED) is 0.502. The fourth-order valence-electron chi connectivity index (χ4n) is 3.77. The van der Waals surface area contributed by atoms with Crippen molar-refractivity contribution in [2.75, 3.05) is 39.1 Å². The molecule has 0 unspecified atom stereocenters. The third-order valence-corrected chi connectivity index (χ3v) is 6.81. The minimum absolute atomic E-state index is 0.263. The molecule has 2 aromatic rings. The molecule has 148 valence electrons. The van der Waals surface area contributed by atoms with Gasteiger partial charge in [-0.3, -0.25) is 4.99 Å². The van der Waals surface area contributed by atoms with E-state index in [0.29, 0.717) is 0 Å². The number of rotatable bonds is 7. The van der Waals surface area contributed by atoms with Crippen LogP contribution < -0.4 is 10.6 Å². The first-order valence-corrected chi connectivity index (χ1v) is 10.9. The number of ether oxygens (including phenoxy) is 1. The van der Waals surface area contributed by atoms with Crippen molar-refractivity contribution in [1.29, 1.82) is 0 Å². The van der Waals surface area contributed by atoms with E-state index in [4.69, 9.17) is 4.74 Å². The summed E-state index contributed by atoms with van der Waals surface area (Å²) < 4.78 is 5.83. The SMILES string of the molecule is CCSC1(CNC(=NC)NCCc2c[nH]c3c(C)cccc23)CCOCC1. The highest BCUT2D eigenvalue weighted by molar-refractivity contribution is 8.00. The Morgan fingerprint density at radius 1 is 1.30 bits per heavy atom. The van der Waals surface area contributed by atoms with Crippen LogP contribution in [0.1, 0.15) is 30.9 Å². The summed E-state index contributed by atoms with van der Waals surface area (Å²) >= 11 is 2.05. The summed E-state index contributed by atoms with van der Waals surface area (Å²) in [5, 5.41) is 8.34. The van der Waals surface area contributed by atoms with Gasteiger partial charge in [0, 0.05) is 55.2 Å². The molecule has 1 saturated heterocycles. The second-order valence-electron chi connectivity index (χ2n) is 7.14. The highest BCUT2D eigenvalue weighted by Crippen LogP contribution is 2.34. The highest BCUT2D eigenvalue weighted by atomic mass is 32.2. The molecule has 5 nitrogen and oxygen atoms in total. The number of fused-ring (bicyclic) bond motifs is 1. The molecule has 1 aromatic carbocycles. The van der Waals surface area contributed by atoms with Gasteiger partial charge >= 0.3 is 0 Å². The molecule has 0 spiro atoms. The minimum Gasteiger partial charge on any atom is -0.381 e. The number of H-pyrrole nitrogens is 1. The van der Waals surface area contributed by atoms with Gasteiger partial charge < -0.3 is 20.4 Å². The van der Waals surface area contributed by atoms with Crippen molar-refractivity contribution < 1.29 is 4.74 Å². The molecule has 0 aliphatic carbocycles. The highest BCUT2D eigenvalue weighted by Gasteiger charge is 2.32. The number of nitrogens with one attached hydrogen (secondary N) is 3. The van der Waals surface area contributed by atoms with E-state index >= 15 is 0 Å². The van der Waals surface area contributed by atoms with Crippen molar-refractivity contribution in [2.45, 2.75) is 37.9 Å². The summed E-state index contributed by atoms with van der Waals surface area (Å²) in [5.74, 6) is 2.02. The summed E-state index contributed by atoms with van der Waals surface area (Å²) in [5.41, 5.74) is 3.88. The van der Waals surface area contributed by atoms with Crippen LogP contribution in [0.4, 0.5) is 0 Å². The first kappa shape index (κ1) is 20.1. The van der Waals surface area contributed by atoms with Crippen LogP contribution >= 0.6 is 11.8 Å². The number of guanidine groups is 1. The predicted octanol–water partition coefficient (Wildman–Crippen LogP) is 3.49. The number of aromatic amines is 1. The fourth-order valence-corrected chi connectivity index (χ4v) is 5.02. The molecular formula is C21H32N4OS. The predicted molar refractivity (Wildman–Crippen MR) is 117 cm³/mol. The third kappa shape index (κ3) is 4.99. The summed E-state index contributed by atoms with van der Waals surface area (Å²) in [6.45, 7) is 7.89. The summed E-state index contributed by atoms with van der Waals surface area (Å²) in [6.07, 6.45) is 5.30. The number of benzene rings is 1.